The first-order valence-electron chi connectivity index (χ1n) is 12.9. The van der Waals surface area contributed by atoms with E-state index in [1.54, 1.807) is 6.07 Å². The maximum atomic E-state index is 11.8. The summed E-state index contributed by atoms with van der Waals surface area (Å²) < 4.78 is 1.83. The van der Waals surface area contributed by atoms with E-state index in [1.165, 1.54) is 44.7 Å². The molecule has 1 atom stereocenters. The van der Waals surface area contributed by atoms with Crippen molar-refractivity contribution in [1.29, 1.82) is 0 Å². The van der Waals surface area contributed by atoms with Crippen LogP contribution in [0, 0.1) is 5.92 Å². The van der Waals surface area contributed by atoms with Crippen LogP contribution in [0.2, 0.25) is 0 Å². The lowest BCUT2D eigenvalue weighted by Gasteiger charge is -2.26. The van der Waals surface area contributed by atoms with Crippen molar-refractivity contribution < 1.29 is 4.79 Å². The van der Waals surface area contributed by atoms with Gasteiger partial charge < -0.3 is 5.73 Å². The quantitative estimate of drug-likeness (QED) is 0.282. The van der Waals surface area contributed by atoms with Gasteiger partial charge in [-0.15, -0.1) is 0 Å². The van der Waals surface area contributed by atoms with Gasteiger partial charge in [0.2, 0.25) is 0 Å². The van der Waals surface area contributed by atoms with E-state index in [9.17, 15) is 4.79 Å². The third-order valence-corrected chi connectivity index (χ3v) is 7.97. The number of aromatic nitrogens is 2. The zero-order valence-electron chi connectivity index (χ0n) is 20.5. The Hall–Kier alpha value is -4.44. The molecular formula is C33H27N3O. The first-order chi connectivity index (χ1) is 18.1. The van der Waals surface area contributed by atoms with Gasteiger partial charge in [-0.2, -0.15) is 5.10 Å². The number of amides is 1. The molecule has 7 rings (SSSR count). The van der Waals surface area contributed by atoms with E-state index in [0.29, 0.717) is 17.0 Å². The first kappa shape index (κ1) is 21.8. The second kappa shape index (κ2) is 8.59. The van der Waals surface area contributed by atoms with Crippen LogP contribution in [0.3, 0.4) is 0 Å². The minimum absolute atomic E-state index is 0.450. The highest BCUT2D eigenvalue weighted by molar-refractivity contribution is 6.08. The molecule has 4 heteroatoms. The number of hydrogen-bond donors (Lipinski definition) is 1. The van der Waals surface area contributed by atoms with Crippen molar-refractivity contribution in [2.75, 3.05) is 0 Å². The molecule has 1 heterocycles. The number of benzene rings is 5. The van der Waals surface area contributed by atoms with Crippen LogP contribution >= 0.6 is 0 Å². The maximum absolute atomic E-state index is 11.8. The van der Waals surface area contributed by atoms with Gasteiger partial charge in [-0.05, 0) is 88.0 Å². The zero-order valence-corrected chi connectivity index (χ0v) is 20.5. The summed E-state index contributed by atoms with van der Waals surface area (Å²) in [6.45, 7) is 0. The van der Waals surface area contributed by atoms with Gasteiger partial charge in [0.05, 0.1) is 11.3 Å². The highest BCUT2D eigenvalue weighted by Crippen LogP contribution is 2.36. The van der Waals surface area contributed by atoms with Crippen molar-refractivity contribution >= 4 is 38.4 Å². The summed E-state index contributed by atoms with van der Waals surface area (Å²) in [5.74, 6) is 0.184. The molecule has 0 aliphatic heterocycles. The summed E-state index contributed by atoms with van der Waals surface area (Å²) in [6.07, 6.45) is 6.49. The van der Waals surface area contributed by atoms with Crippen LogP contribution in [0.25, 0.3) is 38.1 Å². The van der Waals surface area contributed by atoms with Crippen molar-refractivity contribution in [3.63, 3.8) is 0 Å². The average molecular weight is 482 g/mol. The largest absolute Gasteiger partial charge is 0.366 e. The number of nitrogens with zero attached hydrogens (tertiary/aromatic N) is 2. The molecule has 0 bridgehead atoms. The minimum atomic E-state index is -0.457. The molecule has 2 N–H and O–H groups in total. The Morgan fingerprint density at radius 2 is 1.65 bits per heavy atom. The number of aryl methyl sites for hydroxylation is 1. The summed E-state index contributed by atoms with van der Waals surface area (Å²) in [4.78, 5) is 11.8. The molecule has 0 radical (unpaired) electrons. The lowest BCUT2D eigenvalue weighted by molar-refractivity contribution is 0.100. The third-order valence-electron chi connectivity index (χ3n) is 7.97. The molecule has 1 aromatic heterocycles. The predicted molar refractivity (Wildman–Crippen MR) is 150 cm³/mol. The molecule has 37 heavy (non-hydrogen) atoms. The van der Waals surface area contributed by atoms with Gasteiger partial charge in [-0.25, -0.2) is 4.68 Å². The number of rotatable bonds is 4. The van der Waals surface area contributed by atoms with E-state index in [2.05, 4.69) is 77.9 Å². The summed E-state index contributed by atoms with van der Waals surface area (Å²) in [6, 6.07) is 32.1. The fourth-order valence-electron chi connectivity index (χ4n) is 6.11. The van der Waals surface area contributed by atoms with Crippen LogP contribution in [0.5, 0.6) is 0 Å². The number of hydrogen-bond acceptors (Lipinski definition) is 2. The lowest BCUT2D eigenvalue weighted by Crippen LogP contribution is -2.16. The van der Waals surface area contributed by atoms with Crippen molar-refractivity contribution in [3.8, 4) is 5.69 Å². The topological polar surface area (TPSA) is 60.9 Å². The van der Waals surface area contributed by atoms with Crippen molar-refractivity contribution in [1.82, 2.24) is 9.78 Å². The normalized spacial score (nSPS) is 15.3. The van der Waals surface area contributed by atoms with Gasteiger partial charge in [0.25, 0.3) is 5.91 Å². The van der Waals surface area contributed by atoms with Crippen LogP contribution in [-0.2, 0) is 19.3 Å². The van der Waals surface area contributed by atoms with E-state index in [-0.39, 0.29) is 0 Å². The highest BCUT2D eigenvalue weighted by Gasteiger charge is 2.21. The number of carbonyl (C=O) groups is 1. The molecule has 4 nitrogen and oxygen atoms in total. The van der Waals surface area contributed by atoms with Gasteiger partial charge in [0.1, 0.15) is 5.52 Å². The van der Waals surface area contributed by atoms with Crippen LogP contribution < -0.4 is 5.73 Å². The number of fused-ring (bicyclic) bond motifs is 6. The molecule has 1 aliphatic carbocycles. The molecular weight excluding hydrogens is 454 g/mol. The van der Waals surface area contributed by atoms with Crippen molar-refractivity contribution in [3.05, 3.63) is 119 Å². The Balaban J connectivity index is 1.12. The van der Waals surface area contributed by atoms with Gasteiger partial charge in [0, 0.05) is 11.6 Å². The van der Waals surface area contributed by atoms with Gasteiger partial charge in [-0.1, -0.05) is 72.8 Å². The highest BCUT2D eigenvalue weighted by atomic mass is 16.1. The summed E-state index contributed by atoms with van der Waals surface area (Å²) in [5.41, 5.74) is 12.0. The van der Waals surface area contributed by atoms with E-state index < -0.39 is 5.91 Å². The molecule has 0 spiro atoms. The first-order valence-corrected chi connectivity index (χ1v) is 12.9. The second-order valence-electron chi connectivity index (χ2n) is 10.2. The molecule has 0 saturated carbocycles. The van der Waals surface area contributed by atoms with Crippen molar-refractivity contribution in [2.24, 2.45) is 11.7 Å². The number of primary amides is 1. The molecule has 6 aromatic rings. The van der Waals surface area contributed by atoms with Crippen molar-refractivity contribution in [2.45, 2.75) is 25.7 Å². The number of carbonyl (C=O) groups excluding carboxylic acids is 1. The standard InChI is InChI=1S/C33H27N3O/c34-33(37)31-7-3-5-25-20-36(35-32(25)31)26-13-8-21(9-14-26)18-22-10-15-28-24(19-22)12-17-29-27-6-2-1-4-23(27)11-16-30(28)29/h1-9,11-14,16-17,20,22H,10,15,18-19H2,(H2,34,37). The predicted octanol–water partition coefficient (Wildman–Crippen LogP) is 6.78. The van der Waals surface area contributed by atoms with E-state index >= 15 is 0 Å². The zero-order chi connectivity index (χ0) is 24.9. The van der Waals surface area contributed by atoms with E-state index in [1.807, 2.05) is 23.0 Å². The van der Waals surface area contributed by atoms with Gasteiger partial charge in [-0.3, -0.25) is 4.79 Å². The molecule has 5 aromatic carbocycles. The number of nitrogens with two attached hydrogens (primary N) is 1. The van der Waals surface area contributed by atoms with E-state index in [4.69, 9.17) is 5.73 Å². The Morgan fingerprint density at radius 3 is 2.51 bits per heavy atom. The third kappa shape index (κ3) is 3.77. The molecule has 0 fully saturated rings. The molecule has 0 saturated heterocycles. The minimum Gasteiger partial charge on any atom is -0.366 e. The fraction of sp³-hybridized carbons (Fsp3) is 0.152. The maximum Gasteiger partial charge on any atom is 0.250 e. The Morgan fingerprint density at radius 1 is 0.838 bits per heavy atom. The SMILES string of the molecule is NC(=O)c1cccc2cn(-c3ccc(CC4CCc5c(ccc6c5ccc5ccccc56)C4)cc3)nc12. The molecule has 1 aliphatic rings. The Labute approximate surface area is 215 Å². The molecule has 180 valence electrons. The van der Waals surface area contributed by atoms with Crippen LogP contribution in [-0.4, -0.2) is 15.7 Å². The Kier molecular flexibility index (Phi) is 5.07. The smallest absolute Gasteiger partial charge is 0.250 e. The summed E-state index contributed by atoms with van der Waals surface area (Å²) in [7, 11) is 0. The fourth-order valence-corrected chi connectivity index (χ4v) is 6.11. The monoisotopic (exact) mass is 481 g/mol. The summed E-state index contributed by atoms with van der Waals surface area (Å²) in [5, 5.41) is 11.0. The van der Waals surface area contributed by atoms with Crippen LogP contribution in [0.15, 0.2) is 97.2 Å². The average Bonchev–Trinajstić information content (AvgIpc) is 3.37. The van der Waals surface area contributed by atoms with Gasteiger partial charge >= 0.3 is 0 Å². The van der Waals surface area contributed by atoms with Gasteiger partial charge in [0.15, 0.2) is 0 Å². The Bertz CT molecular complexity index is 1810. The van der Waals surface area contributed by atoms with E-state index in [0.717, 1.165) is 30.3 Å². The lowest BCUT2D eigenvalue weighted by atomic mass is 9.79. The van der Waals surface area contributed by atoms with Crippen LogP contribution in [0.1, 0.15) is 33.5 Å². The van der Waals surface area contributed by atoms with Crippen LogP contribution in [0.4, 0.5) is 0 Å². The summed E-state index contributed by atoms with van der Waals surface area (Å²) >= 11 is 0. The molecule has 1 amide bonds. The molecule has 1 unspecified atom stereocenters. The second-order valence-corrected chi connectivity index (χ2v) is 10.2.